The van der Waals surface area contributed by atoms with Crippen LogP contribution in [0.25, 0.3) is 0 Å². The van der Waals surface area contributed by atoms with E-state index in [9.17, 15) is 4.79 Å². The van der Waals surface area contributed by atoms with Crippen LogP contribution in [-0.4, -0.2) is 64.2 Å². The summed E-state index contributed by atoms with van der Waals surface area (Å²) in [6.07, 6.45) is 0. The average molecular weight is 446 g/mol. The van der Waals surface area contributed by atoms with E-state index in [1.807, 2.05) is 35.2 Å². The molecule has 2 fully saturated rings. The maximum absolute atomic E-state index is 13.2. The van der Waals surface area contributed by atoms with Crippen LogP contribution in [0.15, 0.2) is 54.6 Å². The molecule has 1 atom stereocenters. The maximum Gasteiger partial charge on any atom is 0.254 e. The Hall–Kier alpha value is -3.19. The van der Waals surface area contributed by atoms with E-state index >= 15 is 0 Å². The van der Waals surface area contributed by atoms with Crippen LogP contribution in [0.5, 0.6) is 5.75 Å². The van der Waals surface area contributed by atoms with Gasteiger partial charge in [-0.3, -0.25) is 14.8 Å². The highest BCUT2D eigenvalue weighted by atomic mass is 16.5. The Morgan fingerprint density at radius 1 is 1.15 bits per heavy atom. The van der Waals surface area contributed by atoms with E-state index in [4.69, 9.17) is 9.72 Å². The van der Waals surface area contributed by atoms with Crippen LogP contribution in [0.1, 0.15) is 53.3 Å². The lowest BCUT2D eigenvalue weighted by molar-refractivity contribution is 0.00178. The van der Waals surface area contributed by atoms with Gasteiger partial charge in [0.05, 0.1) is 7.11 Å². The van der Waals surface area contributed by atoms with Crippen molar-refractivity contribution >= 4 is 5.91 Å². The number of rotatable bonds is 6. The number of nitrogens with one attached hydrogen (secondary N) is 1. The van der Waals surface area contributed by atoms with Crippen LogP contribution in [0.3, 0.4) is 0 Å². The summed E-state index contributed by atoms with van der Waals surface area (Å²) in [5.74, 6) is 3.05. The number of hydrogen-bond donors (Lipinski definition) is 1. The third kappa shape index (κ3) is 4.13. The van der Waals surface area contributed by atoms with Crippen molar-refractivity contribution in [3.05, 3.63) is 77.4 Å². The molecule has 1 aromatic heterocycles. The van der Waals surface area contributed by atoms with Crippen LogP contribution < -0.4 is 4.74 Å². The van der Waals surface area contributed by atoms with Crippen molar-refractivity contribution in [3.8, 4) is 5.75 Å². The Labute approximate surface area is 194 Å². The van der Waals surface area contributed by atoms with Crippen molar-refractivity contribution in [1.29, 1.82) is 0 Å². The maximum atomic E-state index is 13.2. The zero-order valence-electron chi connectivity index (χ0n) is 19.5. The molecule has 2 aliphatic rings. The molecule has 2 aromatic carbocycles. The topological polar surface area (TPSA) is 74.3 Å². The monoisotopic (exact) mass is 445 g/mol. The molecule has 3 heterocycles. The molecule has 172 valence electrons. The molecule has 0 bridgehead atoms. The summed E-state index contributed by atoms with van der Waals surface area (Å²) < 4.78 is 5.30. The van der Waals surface area contributed by atoms with Crippen molar-refractivity contribution in [3.63, 3.8) is 0 Å². The highest BCUT2D eigenvalue weighted by molar-refractivity contribution is 5.95. The summed E-state index contributed by atoms with van der Waals surface area (Å²) in [6, 6.07) is 18.0. The first-order valence-electron chi connectivity index (χ1n) is 11.6. The first-order chi connectivity index (χ1) is 16.0. The molecule has 7 heteroatoms. The standard InChI is InChI=1S/C26H31N5O2/c1-18(2)23-27-24(29-28-23)22-14-30(13-19-8-5-4-6-9-19)15-26(22)16-31(17-26)25(32)20-10-7-11-21(12-20)33-3/h4-12,18,22H,13-17H2,1-3H3,(H,27,28,29). The molecule has 7 nitrogen and oxygen atoms in total. The number of methoxy groups -OCH3 is 1. The number of amides is 1. The second-order valence-corrected chi connectivity index (χ2v) is 9.70. The van der Waals surface area contributed by atoms with Crippen LogP contribution in [0.2, 0.25) is 0 Å². The van der Waals surface area contributed by atoms with Gasteiger partial charge in [-0.05, 0) is 23.8 Å². The summed E-state index contributed by atoms with van der Waals surface area (Å²) in [7, 11) is 1.62. The van der Waals surface area contributed by atoms with Crippen molar-refractivity contribution in [2.24, 2.45) is 5.41 Å². The summed E-state index contributed by atoms with van der Waals surface area (Å²) in [6.45, 7) is 8.39. The largest absolute Gasteiger partial charge is 0.497 e. The minimum Gasteiger partial charge on any atom is -0.497 e. The Kier molecular flexibility index (Phi) is 5.66. The van der Waals surface area contributed by atoms with E-state index in [2.05, 4.69) is 53.2 Å². The number of carbonyl (C=O) groups excluding carboxylic acids is 1. The Balaban J connectivity index is 1.36. The van der Waals surface area contributed by atoms with E-state index in [0.717, 1.165) is 44.4 Å². The molecule has 3 aromatic rings. The van der Waals surface area contributed by atoms with Crippen LogP contribution in [0.4, 0.5) is 0 Å². The molecule has 2 saturated heterocycles. The number of aromatic amines is 1. The van der Waals surface area contributed by atoms with Crippen molar-refractivity contribution in [2.45, 2.75) is 32.2 Å². The molecule has 5 rings (SSSR count). The molecule has 1 spiro atoms. The molecule has 0 aliphatic carbocycles. The van der Waals surface area contributed by atoms with E-state index in [1.165, 1.54) is 5.56 Å². The number of hydrogen-bond acceptors (Lipinski definition) is 5. The first kappa shape index (κ1) is 21.6. The summed E-state index contributed by atoms with van der Waals surface area (Å²) in [5.41, 5.74) is 1.95. The normalized spacial score (nSPS) is 19.8. The molecule has 0 saturated carbocycles. The molecule has 33 heavy (non-hydrogen) atoms. The Morgan fingerprint density at radius 2 is 1.94 bits per heavy atom. The fraction of sp³-hybridized carbons (Fsp3) is 0.423. The molecule has 1 unspecified atom stereocenters. The molecule has 1 amide bonds. The first-order valence-corrected chi connectivity index (χ1v) is 11.6. The van der Waals surface area contributed by atoms with Gasteiger partial charge in [0.25, 0.3) is 5.91 Å². The predicted molar refractivity (Wildman–Crippen MR) is 126 cm³/mol. The summed E-state index contributed by atoms with van der Waals surface area (Å²) >= 11 is 0. The van der Waals surface area contributed by atoms with E-state index < -0.39 is 0 Å². The van der Waals surface area contributed by atoms with Crippen molar-refractivity contribution in [2.75, 3.05) is 33.3 Å². The van der Waals surface area contributed by atoms with Crippen LogP contribution in [-0.2, 0) is 6.54 Å². The number of carbonyl (C=O) groups is 1. The highest BCUT2D eigenvalue weighted by Gasteiger charge is 2.56. The fourth-order valence-electron chi connectivity index (χ4n) is 5.23. The summed E-state index contributed by atoms with van der Waals surface area (Å²) in [5, 5.41) is 7.68. The van der Waals surface area contributed by atoms with Gasteiger partial charge in [-0.15, -0.1) is 0 Å². The molecular weight excluding hydrogens is 414 g/mol. The van der Waals surface area contributed by atoms with Gasteiger partial charge >= 0.3 is 0 Å². The SMILES string of the molecule is COc1cccc(C(=O)N2CC3(CN(Cc4ccccc4)CC3c3nc(C(C)C)n[nH]3)C2)c1. The summed E-state index contributed by atoms with van der Waals surface area (Å²) in [4.78, 5) is 22.5. The van der Waals surface area contributed by atoms with E-state index in [1.54, 1.807) is 7.11 Å². The lowest BCUT2D eigenvalue weighted by Gasteiger charge is -2.50. The van der Waals surface area contributed by atoms with Crippen molar-refractivity contribution in [1.82, 2.24) is 25.0 Å². The number of ether oxygens (including phenoxy) is 1. The highest BCUT2D eigenvalue weighted by Crippen LogP contribution is 2.49. The molecule has 1 N–H and O–H groups in total. The van der Waals surface area contributed by atoms with Gasteiger partial charge in [0, 0.05) is 55.5 Å². The third-order valence-corrected chi connectivity index (χ3v) is 6.95. The van der Waals surface area contributed by atoms with Crippen LogP contribution in [0, 0.1) is 5.41 Å². The predicted octanol–water partition coefficient (Wildman–Crippen LogP) is 3.68. The quantitative estimate of drug-likeness (QED) is 0.627. The number of likely N-dealkylation sites (tertiary alicyclic amines) is 2. The Bertz CT molecular complexity index is 1120. The molecular formula is C26H31N5O2. The van der Waals surface area contributed by atoms with Gasteiger partial charge in [0.15, 0.2) is 5.82 Å². The lowest BCUT2D eigenvalue weighted by atomic mass is 9.71. The number of nitrogens with zero attached hydrogens (tertiary/aromatic N) is 4. The minimum absolute atomic E-state index is 0.0168. The van der Waals surface area contributed by atoms with Crippen LogP contribution >= 0.6 is 0 Å². The third-order valence-electron chi connectivity index (χ3n) is 6.95. The van der Waals surface area contributed by atoms with E-state index in [0.29, 0.717) is 11.3 Å². The lowest BCUT2D eigenvalue weighted by Crippen LogP contribution is -2.61. The van der Waals surface area contributed by atoms with E-state index in [-0.39, 0.29) is 23.2 Å². The van der Waals surface area contributed by atoms with Gasteiger partial charge in [-0.2, -0.15) is 5.10 Å². The molecule has 0 radical (unpaired) electrons. The fourth-order valence-corrected chi connectivity index (χ4v) is 5.23. The number of aromatic nitrogens is 3. The second-order valence-electron chi connectivity index (χ2n) is 9.70. The van der Waals surface area contributed by atoms with Gasteiger partial charge in [-0.25, -0.2) is 4.98 Å². The van der Waals surface area contributed by atoms with Gasteiger partial charge in [-0.1, -0.05) is 50.2 Å². The van der Waals surface area contributed by atoms with Crippen molar-refractivity contribution < 1.29 is 9.53 Å². The minimum atomic E-state index is -0.0168. The zero-order chi connectivity index (χ0) is 23.0. The van der Waals surface area contributed by atoms with Gasteiger partial charge < -0.3 is 9.64 Å². The number of benzene rings is 2. The zero-order valence-corrected chi connectivity index (χ0v) is 19.5. The Morgan fingerprint density at radius 3 is 2.64 bits per heavy atom. The second kappa shape index (κ2) is 8.63. The van der Waals surface area contributed by atoms with Gasteiger partial charge in [0.1, 0.15) is 11.6 Å². The van der Waals surface area contributed by atoms with Gasteiger partial charge in [0.2, 0.25) is 0 Å². The average Bonchev–Trinajstić information content (AvgIpc) is 3.44. The smallest absolute Gasteiger partial charge is 0.254 e. The number of H-pyrrole nitrogens is 1. The molecule has 2 aliphatic heterocycles.